The molecule has 1 aliphatic carbocycles. The first kappa shape index (κ1) is 17.9. The summed E-state index contributed by atoms with van der Waals surface area (Å²) in [6.45, 7) is 0. The number of carbonyl (C=O) groups is 1. The second-order valence-corrected chi connectivity index (χ2v) is 7.92. The van der Waals surface area contributed by atoms with Crippen LogP contribution < -0.4 is 10.5 Å². The molecule has 0 radical (unpaired) electrons. The first-order valence-electron chi connectivity index (χ1n) is 7.83. The maximum Gasteiger partial charge on any atom is 0.271 e. The first-order chi connectivity index (χ1) is 12.3. The van der Waals surface area contributed by atoms with E-state index >= 15 is 0 Å². The Morgan fingerprint density at radius 2 is 2.00 bits per heavy atom. The molecule has 7 nitrogen and oxygen atoms in total. The van der Waals surface area contributed by atoms with Crippen LogP contribution in [0.5, 0.6) is 5.75 Å². The summed E-state index contributed by atoms with van der Waals surface area (Å²) in [5.74, 6) is 0.289. The molecule has 1 aromatic carbocycles. The number of allylic oxidation sites excluding steroid dienone is 3. The molecule has 26 heavy (non-hydrogen) atoms. The van der Waals surface area contributed by atoms with Crippen molar-refractivity contribution in [2.45, 2.75) is 12.3 Å². The lowest BCUT2D eigenvalue weighted by atomic mass is 10.0. The fourth-order valence-electron chi connectivity index (χ4n) is 2.66. The molecule has 1 amide bonds. The van der Waals surface area contributed by atoms with E-state index in [4.69, 9.17) is 14.9 Å². The third-order valence-corrected chi connectivity index (χ3v) is 5.20. The van der Waals surface area contributed by atoms with Gasteiger partial charge in [0.05, 0.1) is 17.9 Å². The molecular weight excluding hydrogens is 356 g/mol. The van der Waals surface area contributed by atoms with E-state index in [1.165, 1.54) is 6.08 Å². The Labute approximate surface area is 151 Å². The molecule has 3 rings (SSSR count). The van der Waals surface area contributed by atoms with Crippen LogP contribution in [0.25, 0.3) is 11.3 Å². The van der Waals surface area contributed by atoms with Crippen molar-refractivity contribution in [3.8, 4) is 17.1 Å². The van der Waals surface area contributed by atoms with Gasteiger partial charge in [0, 0.05) is 11.8 Å². The Hall–Kier alpha value is -2.87. The lowest BCUT2D eigenvalue weighted by Gasteiger charge is -2.12. The minimum atomic E-state index is -3.26. The van der Waals surface area contributed by atoms with Crippen molar-refractivity contribution in [1.29, 1.82) is 0 Å². The molecule has 1 atom stereocenters. The molecule has 0 saturated heterocycles. The number of ether oxygens (including phenoxy) is 1. The second kappa shape index (κ2) is 6.80. The lowest BCUT2D eigenvalue weighted by Crippen LogP contribution is -2.13. The molecule has 2 N–H and O–H groups in total. The molecule has 0 saturated carbocycles. The number of nitrogens with zero attached hydrogens (tertiary/aromatic N) is 1. The fourth-order valence-corrected chi connectivity index (χ4v) is 3.38. The van der Waals surface area contributed by atoms with E-state index in [2.05, 4.69) is 4.98 Å². The first-order valence-corrected chi connectivity index (χ1v) is 9.72. The summed E-state index contributed by atoms with van der Waals surface area (Å²) in [6.07, 6.45) is 6.39. The summed E-state index contributed by atoms with van der Waals surface area (Å²) in [5, 5.41) is 0. The smallest absolute Gasteiger partial charge is 0.271 e. The molecule has 0 spiro atoms. The average Bonchev–Trinajstić information content (AvgIpc) is 3.07. The number of aromatic nitrogens is 1. The quantitative estimate of drug-likeness (QED) is 0.860. The van der Waals surface area contributed by atoms with E-state index in [9.17, 15) is 13.2 Å². The van der Waals surface area contributed by atoms with E-state index in [1.807, 2.05) is 0 Å². The summed E-state index contributed by atoms with van der Waals surface area (Å²) in [7, 11) is -1.70. The minimum absolute atomic E-state index is 0.0384. The van der Waals surface area contributed by atoms with Gasteiger partial charge in [-0.3, -0.25) is 4.79 Å². The van der Waals surface area contributed by atoms with E-state index in [0.717, 1.165) is 6.26 Å². The Morgan fingerprint density at radius 3 is 2.50 bits per heavy atom. The van der Waals surface area contributed by atoms with Gasteiger partial charge in [-0.05, 0) is 36.8 Å². The predicted octanol–water partition coefficient (Wildman–Crippen LogP) is 2.42. The number of amides is 1. The molecular formula is C18H18N2O5S. The van der Waals surface area contributed by atoms with Crippen LogP contribution in [-0.4, -0.2) is 32.7 Å². The average molecular weight is 374 g/mol. The lowest BCUT2D eigenvalue weighted by molar-refractivity contribution is 0.0996. The van der Waals surface area contributed by atoms with Gasteiger partial charge in [-0.1, -0.05) is 12.2 Å². The van der Waals surface area contributed by atoms with Crippen molar-refractivity contribution >= 4 is 15.7 Å². The number of nitrogens with two attached hydrogens (primary N) is 1. The highest BCUT2D eigenvalue weighted by molar-refractivity contribution is 7.94. The van der Waals surface area contributed by atoms with Gasteiger partial charge in [0.1, 0.15) is 5.75 Å². The third kappa shape index (κ3) is 3.55. The largest absolute Gasteiger partial charge is 0.497 e. The number of oxazole rings is 1. The second-order valence-electron chi connectivity index (χ2n) is 5.90. The molecule has 136 valence electrons. The van der Waals surface area contributed by atoms with Crippen LogP contribution >= 0.6 is 0 Å². The normalized spacial score (nSPS) is 17.0. The Balaban J connectivity index is 1.95. The van der Waals surface area contributed by atoms with Crippen LogP contribution in [0.4, 0.5) is 0 Å². The molecule has 0 bridgehead atoms. The highest BCUT2D eigenvalue weighted by atomic mass is 32.2. The van der Waals surface area contributed by atoms with Crippen LogP contribution in [0.2, 0.25) is 0 Å². The van der Waals surface area contributed by atoms with Gasteiger partial charge in [-0.2, -0.15) is 0 Å². The van der Waals surface area contributed by atoms with E-state index in [1.54, 1.807) is 43.5 Å². The van der Waals surface area contributed by atoms with Crippen molar-refractivity contribution in [2.24, 2.45) is 5.73 Å². The maximum atomic E-state index is 11.8. The number of primary amides is 1. The number of rotatable bonds is 5. The minimum Gasteiger partial charge on any atom is -0.497 e. The number of carbonyl (C=O) groups excluding carboxylic acids is 1. The van der Waals surface area contributed by atoms with Gasteiger partial charge in [-0.15, -0.1) is 0 Å². The highest BCUT2D eigenvalue weighted by Gasteiger charge is 2.25. The van der Waals surface area contributed by atoms with Crippen molar-refractivity contribution in [3.05, 3.63) is 59.0 Å². The zero-order valence-corrected chi connectivity index (χ0v) is 15.1. The molecule has 2 aromatic rings. The van der Waals surface area contributed by atoms with Gasteiger partial charge in [0.2, 0.25) is 5.89 Å². The third-order valence-electron chi connectivity index (χ3n) is 4.04. The molecule has 1 heterocycles. The van der Waals surface area contributed by atoms with Gasteiger partial charge in [-0.25, -0.2) is 13.4 Å². The molecule has 0 fully saturated rings. The van der Waals surface area contributed by atoms with Crippen molar-refractivity contribution in [1.82, 2.24) is 4.98 Å². The summed E-state index contributed by atoms with van der Waals surface area (Å²) >= 11 is 0. The van der Waals surface area contributed by atoms with Crippen LogP contribution in [0.15, 0.2) is 51.8 Å². The Morgan fingerprint density at radius 1 is 1.31 bits per heavy atom. The molecule has 0 aliphatic heterocycles. The Kier molecular flexibility index (Phi) is 4.69. The van der Waals surface area contributed by atoms with Crippen molar-refractivity contribution < 1.29 is 22.4 Å². The Bertz CT molecular complexity index is 1000. The summed E-state index contributed by atoms with van der Waals surface area (Å²) in [6, 6.07) is 6.97. The SMILES string of the molecule is COc1ccc(-c2oc(C3C=CC(S(C)(=O)=O)=CC3)nc2C(N)=O)cc1. The fraction of sp³-hybridized carbons (Fsp3) is 0.222. The van der Waals surface area contributed by atoms with Crippen molar-refractivity contribution in [3.63, 3.8) is 0 Å². The molecule has 8 heteroatoms. The number of methoxy groups -OCH3 is 1. The topological polar surface area (TPSA) is 112 Å². The standard InChI is InChI=1S/C18H18N2O5S/c1-24-13-7-3-11(4-8-13)16-15(17(19)21)20-18(25-16)12-5-9-14(10-6-12)26(2,22)23/h3-5,7-10,12H,6H2,1-2H3,(H2,19,21). The number of hydrogen-bond donors (Lipinski definition) is 1. The zero-order valence-electron chi connectivity index (χ0n) is 14.3. The van der Waals surface area contributed by atoms with E-state index < -0.39 is 15.7 Å². The molecule has 1 aliphatic rings. The highest BCUT2D eigenvalue weighted by Crippen LogP contribution is 2.33. The van der Waals surface area contributed by atoms with Crippen LogP contribution in [0, 0.1) is 0 Å². The summed E-state index contributed by atoms with van der Waals surface area (Å²) < 4.78 is 34.1. The number of sulfone groups is 1. The van der Waals surface area contributed by atoms with E-state index in [0.29, 0.717) is 23.6 Å². The van der Waals surface area contributed by atoms with Crippen LogP contribution in [-0.2, 0) is 9.84 Å². The molecule has 1 aromatic heterocycles. The van der Waals surface area contributed by atoms with Crippen LogP contribution in [0.1, 0.15) is 28.7 Å². The monoisotopic (exact) mass is 374 g/mol. The van der Waals surface area contributed by atoms with Crippen LogP contribution in [0.3, 0.4) is 0 Å². The number of hydrogen-bond acceptors (Lipinski definition) is 6. The number of benzene rings is 1. The van der Waals surface area contributed by atoms with Gasteiger partial charge in [0.15, 0.2) is 21.3 Å². The van der Waals surface area contributed by atoms with Gasteiger partial charge in [0.25, 0.3) is 5.91 Å². The maximum absolute atomic E-state index is 11.8. The van der Waals surface area contributed by atoms with Gasteiger partial charge >= 0.3 is 0 Å². The molecule has 1 unspecified atom stereocenters. The zero-order chi connectivity index (χ0) is 18.9. The van der Waals surface area contributed by atoms with E-state index in [-0.39, 0.29) is 22.3 Å². The van der Waals surface area contributed by atoms with Gasteiger partial charge < -0.3 is 14.9 Å². The van der Waals surface area contributed by atoms with Crippen molar-refractivity contribution in [2.75, 3.05) is 13.4 Å². The predicted molar refractivity (Wildman–Crippen MR) is 96.4 cm³/mol. The summed E-state index contributed by atoms with van der Waals surface area (Å²) in [5.41, 5.74) is 6.12. The summed E-state index contributed by atoms with van der Waals surface area (Å²) in [4.78, 5) is 16.3.